The van der Waals surface area contributed by atoms with E-state index in [4.69, 9.17) is 0 Å². The number of benzene rings is 1. The molecule has 2 aromatic rings. The minimum absolute atomic E-state index is 0.0224. The lowest BCUT2D eigenvalue weighted by Gasteiger charge is -2.14. The van der Waals surface area contributed by atoms with Crippen LogP contribution in [0.1, 0.15) is 42.3 Å². The zero-order valence-corrected chi connectivity index (χ0v) is 13.3. The van der Waals surface area contributed by atoms with Crippen LogP contribution in [0.3, 0.4) is 0 Å². The zero-order valence-electron chi connectivity index (χ0n) is 12.5. The van der Waals surface area contributed by atoms with E-state index >= 15 is 0 Å². The number of carbonyl (C=O) groups is 1. The molecule has 0 unspecified atom stereocenters. The van der Waals surface area contributed by atoms with Crippen molar-refractivity contribution >= 4 is 17.3 Å². The standard InChI is InChI=1S/C16H20N2O2S/c1-16(2,3)15-18-10-12(21-15)9-17-13(14(19)20)11-7-5-4-6-8-11/h4-8,10,13,17H,9H2,1-3H3,(H,19,20)/t13-/m1/s1. The van der Waals surface area contributed by atoms with Crippen LogP contribution in [0.2, 0.25) is 0 Å². The van der Waals surface area contributed by atoms with E-state index in [2.05, 4.69) is 31.1 Å². The Morgan fingerprint density at radius 2 is 2.00 bits per heavy atom. The molecule has 21 heavy (non-hydrogen) atoms. The lowest BCUT2D eigenvalue weighted by Crippen LogP contribution is -2.27. The highest BCUT2D eigenvalue weighted by molar-refractivity contribution is 7.11. The fraction of sp³-hybridized carbons (Fsp3) is 0.375. The zero-order chi connectivity index (χ0) is 15.5. The first kappa shape index (κ1) is 15.7. The Hall–Kier alpha value is -1.72. The Labute approximate surface area is 128 Å². The molecule has 112 valence electrons. The maximum Gasteiger partial charge on any atom is 0.325 e. The summed E-state index contributed by atoms with van der Waals surface area (Å²) < 4.78 is 0. The third-order valence-electron chi connectivity index (χ3n) is 3.06. The monoisotopic (exact) mass is 304 g/mol. The van der Waals surface area contributed by atoms with E-state index in [1.165, 1.54) is 0 Å². The van der Waals surface area contributed by atoms with Gasteiger partial charge in [0.15, 0.2) is 0 Å². The number of carboxylic acids is 1. The predicted octanol–water partition coefficient (Wildman–Crippen LogP) is 3.36. The summed E-state index contributed by atoms with van der Waals surface area (Å²) in [7, 11) is 0. The summed E-state index contributed by atoms with van der Waals surface area (Å²) in [5, 5.41) is 13.5. The molecule has 0 radical (unpaired) electrons. The van der Waals surface area contributed by atoms with Gasteiger partial charge in [0, 0.05) is 23.0 Å². The molecule has 0 amide bonds. The van der Waals surface area contributed by atoms with Crippen molar-refractivity contribution in [3.8, 4) is 0 Å². The first-order valence-corrected chi connectivity index (χ1v) is 7.66. The third kappa shape index (κ3) is 4.12. The van der Waals surface area contributed by atoms with Crippen molar-refractivity contribution in [2.75, 3.05) is 0 Å². The van der Waals surface area contributed by atoms with Crippen LogP contribution < -0.4 is 5.32 Å². The van der Waals surface area contributed by atoms with Gasteiger partial charge in [0.25, 0.3) is 0 Å². The quantitative estimate of drug-likeness (QED) is 0.889. The van der Waals surface area contributed by atoms with E-state index in [9.17, 15) is 9.90 Å². The minimum Gasteiger partial charge on any atom is -0.480 e. The van der Waals surface area contributed by atoms with E-state index in [0.29, 0.717) is 6.54 Å². The number of rotatable bonds is 5. The van der Waals surface area contributed by atoms with Crippen molar-refractivity contribution in [3.63, 3.8) is 0 Å². The maximum absolute atomic E-state index is 11.4. The van der Waals surface area contributed by atoms with Crippen LogP contribution in [-0.4, -0.2) is 16.1 Å². The molecular formula is C16H20N2O2S. The van der Waals surface area contributed by atoms with Crippen molar-refractivity contribution in [1.29, 1.82) is 0 Å². The van der Waals surface area contributed by atoms with Gasteiger partial charge in [-0.05, 0) is 5.56 Å². The molecule has 0 bridgehead atoms. The van der Waals surface area contributed by atoms with Gasteiger partial charge in [0.2, 0.25) is 0 Å². The Balaban J connectivity index is 2.06. The maximum atomic E-state index is 11.4. The third-order valence-corrected chi connectivity index (χ3v) is 4.48. The average Bonchev–Trinajstić information content (AvgIpc) is 2.88. The number of nitrogens with zero attached hydrogens (tertiary/aromatic N) is 1. The molecule has 0 aliphatic carbocycles. The van der Waals surface area contributed by atoms with E-state index < -0.39 is 12.0 Å². The van der Waals surface area contributed by atoms with Crippen LogP contribution in [0.25, 0.3) is 0 Å². The molecule has 4 nitrogen and oxygen atoms in total. The van der Waals surface area contributed by atoms with Crippen molar-refractivity contribution in [2.24, 2.45) is 0 Å². The highest BCUT2D eigenvalue weighted by Crippen LogP contribution is 2.27. The van der Waals surface area contributed by atoms with Crippen molar-refractivity contribution < 1.29 is 9.90 Å². The average molecular weight is 304 g/mol. The Kier molecular flexibility index (Phi) is 4.75. The number of carboxylic acid groups (broad SMARTS) is 1. The van der Waals surface area contributed by atoms with Gasteiger partial charge in [-0.1, -0.05) is 51.1 Å². The van der Waals surface area contributed by atoms with Crippen LogP contribution in [0.15, 0.2) is 36.5 Å². The number of hydrogen-bond acceptors (Lipinski definition) is 4. The van der Waals surface area contributed by atoms with Gasteiger partial charge < -0.3 is 5.11 Å². The molecule has 0 aliphatic heterocycles. The van der Waals surface area contributed by atoms with E-state index in [1.54, 1.807) is 11.3 Å². The van der Waals surface area contributed by atoms with Gasteiger partial charge in [-0.15, -0.1) is 11.3 Å². The fourth-order valence-electron chi connectivity index (χ4n) is 1.93. The second-order valence-electron chi connectivity index (χ2n) is 5.94. The largest absolute Gasteiger partial charge is 0.480 e. The highest BCUT2D eigenvalue weighted by atomic mass is 32.1. The molecule has 0 saturated heterocycles. The number of hydrogen-bond donors (Lipinski definition) is 2. The van der Waals surface area contributed by atoms with Gasteiger partial charge in [0.1, 0.15) is 6.04 Å². The van der Waals surface area contributed by atoms with Crippen molar-refractivity contribution in [3.05, 3.63) is 52.0 Å². The summed E-state index contributed by atoms with van der Waals surface area (Å²) in [5.41, 5.74) is 0.778. The molecule has 1 atom stereocenters. The molecular weight excluding hydrogens is 284 g/mol. The summed E-state index contributed by atoms with van der Waals surface area (Å²) in [6.45, 7) is 6.85. The van der Waals surface area contributed by atoms with Gasteiger partial charge in [0.05, 0.1) is 5.01 Å². The molecule has 5 heteroatoms. The first-order chi connectivity index (χ1) is 9.88. The molecule has 0 saturated carbocycles. The summed E-state index contributed by atoms with van der Waals surface area (Å²) in [6.07, 6.45) is 1.82. The summed E-state index contributed by atoms with van der Waals surface area (Å²) >= 11 is 1.62. The lowest BCUT2D eigenvalue weighted by atomic mass is 9.98. The van der Waals surface area contributed by atoms with Crippen molar-refractivity contribution in [1.82, 2.24) is 10.3 Å². The topological polar surface area (TPSA) is 62.2 Å². The predicted molar refractivity (Wildman–Crippen MR) is 84.5 cm³/mol. The van der Waals surface area contributed by atoms with Gasteiger partial charge in [-0.25, -0.2) is 4.98 Å². The Morgan fingerprint density at radius 3 is 2.52 bits per heavy atom. The number of nitrogens with one attached hydrogen (secondary N) is 1. The Bertz CT molecular complexity index is 602. The van der Waals surface area contributed by atoms with Crippen molar-refractivity contribution in [2.45, 2.75) is 38.8 Å². The van der Waals surface area contributed by atoms with Gasteiger partial charge in [-0.3, -0.25) is 10.1 Å². The van der Waals surface area contributed by atoms with Crippen LogP contribution in [0.5, 0.6) is 0 Å². The number of thiazole rings is 1. The Morgan fingerprint density at radius 1 is 1.33 bits per heavy atom. The lowest BCUT2D eigenvalue weighted by molar-refractivity contribution is -0.139. The SMILES string of the molecule is CC(C)(C)c1ncc(CN[C@@H](C(=O)O)c2ccccc2)s1. The molecule has 2 N–H and O–H groups in total. The van der Waals surface area contributed by atoms with Crippen LogP contribution >= 0.6 is 11.3 Å². The first-order valence-electron chi connectivity index (χ1n) is 6.84. The molecule has 0 spiro atoms. The van der Waals surface area contributed by atoms with E-state index in [1.807, 2.05) is 36.5 Å². The van der Waals surface area contributed by atoms with Gasteiger partial charge in [-0.2, -0.15) is 0 Å². The normalized spacial score (nSPS) is 13.1. The highest BCUT2D eigenvalue weighted by Gasteiger charge is 2.21. The van der Waals surface area contributed by atoms with Gasteiger partial charge >= 0.3 is 5.97 Å². The number of aromatic nitrogens is 1. The summed E-state index contributed by atoms with van der Waals surface area (Å²) in [6, 6.07) is 8.50. The smallest absolute Gasteiger partial charge is 0.325 e. The van der Waals surface area contributed by atoms with E-state index in [0.717, 1.165) is 15.4 Å². The van der Waals surface area contributed by atoms with Crippen LogP contribution in [-0.2, 0) is 16.8 Å². The van der Waals surface area contributed by atoms with E-state index in [-0.39, 0.29) is 5.41 Å². The van der Waals surface area contributed by atoms with Crippen LogP contribution in [0, 0.1) is 0 Å². The number of aliphatic carboxylic acids is 1. The second-order valence-corrected chi connectivity index (χ2v) is 7.06. The molecule has 1 aromatic heterocycles. The molecule has 0 fully saturated rings. The molecule has 1 aromatic carbocycles. The fourth-order valence-corrected chi connectivity index (χ4v) is 2.85. The molecule has 1 heterocycles. The summed E-state index contributed by atoms with van der Waals surface area (Å²) in [5.74, 6) is -0.873. The summed E-state index contributed by atoms with van der Waals surface area (Å²) in [4.78, 5) is 16.9. The van der Waals surface area contributed by atoms with Crippen LogP contribution in [0.4, 0.5) is 0 Å². The molecule has 0 aliphatic rings. The molecule has 2 rings (SSSR count). The minimum atomic E-state index is -0.873. The second kappa shape index (κ2) is 6.37.